The molecule has 0 bridgehead atoms. The highest BCUT2D eigenvalue weighted by Crippen LogP contribution is 2.28. The molecule has 5 rings (SSSR count). The van der Waals surface area contributed by atoms with Gasteiger partial charge in [0, 0.05) is 38.8 Å². The summed E-state index contributed by atoms with van der Waals surface area (Å²) >= 11 is 0. The zero-order valence-electron chi connectivity index (χ0n) is 17.3. The molecule has 1 aliphatic heterocycles. The number of aromatic nitrogens is 2. The molecule has 2 heterocycles. The van der Waals surface area contributed by atoms with E-state index in [1.807, 2.05) is 36.4 Å². The van der Waals surface area contributed by atoms with Gasteiger partial charge in [-0.15, -0.1) is 0 Å². The van der Waals surface area contributed by atoms with Crippen LogP contribution >= 0.6 is 0 Å². The Hall–Kier alpha value is -2.86. The van der Waals surface area contributed by atoms with Gasteiger partial charge in [-0.05, 0) is 37.0 Å². The molecule has 2 fully saturated rings. The Kier molecular flexibility index (Phi) is 5.41. The first kappa shape index (κ1) is 19.1. The van der Waals surface area contributed by atoms with Crippen LogP contribution in [0.3, 0.4) is 0 Å². The lowest BCUT2D eigenvalue weighted by atomic mass is 10.2. The molecule has 2 aromatic carbocycles. The third-order valence-electron chi connectivity index (χ3n) is 6.13. The molecule has 1 saturated heterocycles. The molecule has 30 heavy (non-hydrogen) atoms. The highest BCUT2D eigenvalue weighted by atomic mass is 16.2. The third-order valence-corrected chi connectivity index (χ3v) is 6.13. The van der Waals surface area contributed by atoms with Gasteiger partial charge in [-0.25, -0.2) is 4.98 Å². The lowest BCUT2D eigenvalue weighted by Gasteiger charge is -2.27. The van der Waals surface area contributed by atoms with E-state index in [1.54, 1.807) is 0 Å². The second kappa shape index (κ2) is 8.48. The van der Waals surface area contributed by atoms with Crippen molar-refractivity contribution in [1.82, 2.24) is 19.8 Å². The molecule has 1 aliphatic carbocycles. The summed E-state index contributed by atoms with van der Waals surface area (Å²) in [6, 6.07) is 18.9. The van der Waals surface area contributed by atoms with Crippen molar-refractivity contribution in [2.45, 2.75) is 31.8 Å². The van der Waals surface area contributed by atoms with Gasteiger partial charge >= 0.3 is 0 Å². The number of rotatable bonds is 6. The van der Waals surface area contributed by atoms with E-state index >= 15 is 0 Å². The van der Waals surface area contributed by atoms with Crippen LogP contribution in [0.25, 0.3) is 11.0 Å². The number of imidazole rings is 1. The minimum absolute atomic E-state index is 0.263. The highest BCUT2D eigenvalue weighted by molar-refractivity contribution is 5.79. The van der Waals surface area contributed by atoms with E-state index in [0.29, 0.717) is 12.6 Å². The fraction of sp³-hybridized carbons (Fsp3) is 0.417. The van der Waals surface area contributed by atoms with Gasteiger partial charge in [-0.2, -0.15) is 0 Å². The van der Waals surface area contributed by atoms with Crippen molar-refractivity contribution in [2.75, 3.05) is 37.6 Å². The van der Waals surface area contributed by atoms with E-state index in [-0.39, 0.29) is 5.91 Å². The minimum Gasteiger partial charge on any atom is -0.341 e. The summed E-state index contributed by atoms with van der Waals surface area (Å²) in [5.74, 6) is 1.20. The number of hydrogen-bond donors (Lipinski definition) is 1. The lowest BCUT2D eigenvalue weighted by Crippen LogP contribution is -2.42. The Morgan fingerprint density at radius 1 is 1.00 bits per heavy atom. The maximum Gasteiger partial charge on any atom is 0.237 e. The molecule has 6 heteroatoms. The largest absolute Gasteiger partial charge is 0.341 e. The number of benzene rings is 2. The molecular weight excluding hydrogens is 374 g/mol. The second-order valence-electron chi connectivity index (χ2n) is 8.43. The first-order valence-electron chi connectivity index (χ1n) is 11.0. The topological polar surface area (TPSA) is 55.5 Å². The summed E-state index contributed by atoms with van der Waals surface area (Å²) in [4.78, 5) is 28.0. The second-order valence-corrected chi connectivity index (χ2v) is 8.43. The van der Waals surface area contributed by atoms with Crippen molar-refractivity contribution < 1.29 is 4.79 Å². The molecular formula is C24H29N5O. The molecule has 1 N–H and O–H groups in total. The zero-order chi connectivity index (χ0) is 20.3. The van der Waals surface area contributed by atoms with Crippen molar-refractivity contribution in [3.05, 3.63) is 60.2 Å². The van der Waals surface area contributed by atoms with Crippen molar-refractivity contribution >= 4 is 22.9 Å². The fourth-order valence-corrected chi connectivity index (χ4v) is 4.30. The molecule has 6 nitrogen and oxygen atoms in total. The van der Waals surface area contributed by atoms with Gasteiger partial charge in [0.15, 0.2) is 0 Å². The molecule has 3 aromatic rings. The number of carbonyl (C=O) groups excluding carboxylic acids is 1. The van der Waals surface area contributed by atoms with Gasteiger partial charge in [0.1, 0.15) is 0 Å². The van der Waals surface area contributed by atoms with Crippen LogP contribution in [0.5, 0.6) is 0 Å². The highest BCUT2D eigenvalue weighted by Gasteiger charge is 2.33. The van der Waals surface area contributed by atoms with Crippen molar-refractivity contribution in [2.24, 2.45) is 0 Å². The van der Waals surface area contributed by atoms with Crippen molar-refractivity contribution in [3.8, 4) is 0 Å². The average molecular weight is 404 g/mol. The van der Waals surface area contributed by atoms with E-state index in [0.717, 1.165) is 69.0 Å². The summed E-state index contributed by atoms with van der Waals surface area (Å²) in [6.07, 6.45) is 3.31. The Morgan fingerprint density at radius 2 is 1.80 bits per heavy atom. The van der Waals surface area contributed by atoms with Crippen molar-refractivity contribution in [3.63, 3.8) is 0 Å². The summed E-state index contributed by atoms with van der Waals surface area (Å²) in [5.41, 5.74) is 3.29. The smallest absolute Gasteiger partial charge is 0.237 e. The van der Waals surface area contributed by atoms with E-state index in [4.69, 9.17) is 4.98 Å². The molecule has 1 saturated carbocycles. The van der Waals surface area contributed by atoms with Gasteiger partial charge in [-0.3, -0.25) is 9.69 Å². The summed E-state index contributed by atoms with van der Waals surface area (Å²) in [7, 11) is 0. The molecule has 0 atom stereocenters. The quantitative estimate of drug-likeness (QED) is 0.686. The van der Waals surface area contributed by atoms with E-state index in [9.17, 15) is 4.79 Å². The van der Waals surface area contributed by atoms with Crippen LogP contribution in [0.2, 0.25) is 0 Å². The number of hydrogen-bond acceptors (Lipinski definition) is 4. The Morgan fingerprint density at radius 3 is 2.60 bits per heavy atom. The molecule has 0 unspecified atom stereocenters. The molecule has 2 aliphatic rings. The van der Waals surface area contributed by atoms with Gasteiger partial charge in [-0.1, -0.05) is 42.5 Å². The average Bonchev–Trinajstić information content (AvgIpc) is 3.56. The van der Waals surface area contributed by atoms with Gasteiger partial charge in [0.25, 0.3) is 0 Å². The number of fused-ring (bicyclic) bond motifs is 1. The van der Waals surface area contributed by atoms with E-state index in [2.05, 4.69) is 37.9 Å². The first-order valence-corrected chi connectivity index (χ1v) is 11.0. The molecule has 1 amide bonds. The molecule has 1 aromatic heterocycles. The zero-order valence-corrected chi connectivity index (χ0v) is 17.3. The van der Waals surface area contributed by atoms with Crippen LogP contribution in [-0.4, -0.2) is 64.4 Å². The van der Waals surface area contributed by atoms with Crippen LogP contribution < -0.4 is 4.90 Å². The maximum atomic E-state index is 13.1. The number of para-hydroxylation sites is 2. The van der Waals surface area contributed by atoms with Crippen LogP contribution in [0.15, 0.2) is 54.6 Å². The minimum atomic E-state index is 0.263. The molecule has 156 valence electrons. The van der Waals surface area contributed by atoms with E-state index in [1.165, 1.54) is 5.56 Å². The van der Waals surface area contributed by atoms with Gasteiger partial charge in [0.2, 0.25) is 11.9 Å². The van der Waals surface area contributed by atoms with Crippen LogP contribution in [0, 0.1) is 0 Å². The predicted octanol–water partition coefficient (Wildman–Crippen LogP) is 3.27. The summed E-state index contributed by atoms with van der Waals surface area (Å²) in [6.45, 7) is 4.91. The normalized spacial score (nSPS) is 17.8. The summed E-state index contributed by atoms with van der Waals surface area (Å²) < 4.78 is 0. The summed E-state index contributed by atoms with van der Waals surface area (Å²) in [5, 5.41) is 0. The Labute approximate surface area is 177 Å². The van der Waals surface area contributed by atoms with Crippen LogP contribution in [0.4, 0.5) is 5.95 Å². The number of H-pyrrole nitrogens is 1. The Bertz CT molecular complexity index is 964. The number of aromatic amines is 1. The molecule has 0 radical (unpaired) electrons. The number of amides is 1. The standard InChI is InChI=1S/C24H29N5O/c30-23(29(20-11-12-20)17-19-7-2-1-3-8-19)18-27-13-6-14-28(16-15-27)24-25-21-9-4-5-10-22(21)26-24/h1-5,7-10,20H,6,11-18H2,(H,25,26). The van der Waals surface area contributed by atoms with E-state index < -0.39 is 0 Å². The van der Waals surface area contributed by atoms with Gasteiger partial charge < -0.3 is 14.8 Å². The Balaban J connectivity index is 1.20. The number of nitrogens with zero attached hydrogens (tertiary/aromatic N) is 4. The fourth-order valence-electron chi connectivity index (χ4n) is 4.30. The predicted molar refractivity (Wildman–Crippen MR) is 119 cm³/mol. The number of nitrogens with one attached hydrogen (secondary N) is 1. The first-order chi connectivity index (χ1) is 14.8. The molecule has 0 spiro atoms. The lowest BCUT2D eigenvalue weighted by molar-refractivity contribution is -0.133. The van der Waals surface area contributed by atoms with Crippen LogP contribution in [0.1, 0.15) is 24.8 Å². The van der Waals surface area contributed by atoms with Gasteiger partial charge in [0.05, 0.1) is 17.6 Å². The van der Waals surface area contributed by atoms with Crippen LogP contribution in [-0.2, 0) is 11.3 Å². The monoisotopic (exact) mass is 403 g/mol. The number of carbonyl (C=O) groups is 1. The third kappa shape index (κ3) is 4.33. The SMILES string of the molecule is O=C(CN1CCCN(c2nc3ccccc3[nH]2)CC1)N(Cc1ccccc1)C1CC1. The maximum absolute atomic E-state index is 13.1. The number of anilines is 1. The van der Waals surface area contributed by atoms with Crippen molar-refractivity contribution in [1.29, 1.82) is 0 Å².